The van der Waals surface area contributed by atoms with E-state index >= 15 is 0 Å². The lowest BCUT2D eigenvalue weighted by Crippen LogP contribution is -2.33. The van der Waals surface area contributed by atoms with Gasteiger partial charge in [0.25, 0.3) is 0 Å². The minimum absolute atomic E-state index is 0.710. The smallest absolute Gasteiger partial charge is 0.178 e. The van der Waals surface area contributed by atoms with Gasteiger partial charge in [0.2, 0.25) is 0 Å². The zero-order valence-corrected chi connectivity index (χ0v) is 15.7. The largest absolute Gasteiger partial charge is 0.249 e. The van der Waals surface area contributed by atoms with Gasteiger partial charge >= 0.3 is 0 Å². The van der Waals surface area contributed by atoms with Crippen LogP contribution in [-0.2, 0) is 12.8 Å². The molecule has 0 saturated carbocycles. The molecule has 0 amide bonds. The molecule has 0 fully saturated rings. The Bertz CT molecular complexity index is 992. The van der Waals surface area contributed by atoms with Gasteiger partial charge < -0.3 is 0 Å². The number of hydrogen-bond donors (Lipinski definition) is 0. The zero-order chi connectivity index (χ0) is 18.4. The summed E-state index contributed by atoms with van der Waals surface area (Å²) in [5, 5.41) is 2.14. The molecule has 3 heteroatoms. The van der Waals surface area contributed by atoms with E-state index in [2.05, 4.69) is 56.3 Å². The van der Waals surface area contributed by atoms with E-state index in [0.29, 0.717) is 5.82 Å². The second kappa shape index (κ2) is 8.52. The van der Waals surface area contributed by atoms with Crippen molar-refractivity contribution in [3.8, 4) is 11.5 Å². The van der Waals surface area contributed by atoms with Crippen molar-refractivity contribution in [2.45, 2.75) is 40.0 Å². The fraction of sp³-hybridized carbons (Fsp3) is 0.261. The number of hydrogen-bond acceptors (Lipinski definition) is 3. The number of nitrogens with zero attached hydrogens (tertiary/aromatic N) is 3. The van der Waals surface area contributed by atoms with E-state index in [-0.39, 0.29) is 0 Å². The van der Waals surface area contributed by atoms with Gasteiger partial charge in [-0.1, -0.05) is 62.4 Å². The third kappa shape index (κ3) is 4.05. The summed E-state index contributed by atoms with van der Waals surface area (Å²) in [6, 6.07) is 16.5. The molecular formula is C23H25N3. The monoisotopic (exact) mass is 343 g/mol. The fourth-order valence-corrected chi connectivity index (χ4v) is 3.09. The van der Waals surface area contributed by atoms with Crippen LogP contribution in [-0.4, -0.2) is 15.0 Å². The summed E-state index contributed by atoms with van der Waals surface area (Å²) in [6.07, 6.45) is 6.90. The van der Waals surface area contributed by atoms with E-state index in [1.807, 2.05) is 25.1 Å². The van der Waals surface area contributed by atoms with Crippen LogP contribution in [0.1, 0.15) is 44.1 Å². The molecule has 132 valence electrons. The zero-order valence-electron chi connectivity index (χ0n) is 15.7. The van der Waals surface area contributed by atoms with Gasteiger partial charge in [-0.3, -0.25) is 0 Å². The van der Waals surface area contributed by atoms with Crippen LogP contribution in [0.2, 0.25) is 0 Å². The molecule has 0 aliphatic carbocycles. The first-order chi connectivity index (χ1) is 12.7. The molecule has 26 heavy (non-hydrogen) atoms. The average Bonchev–Trinajstić information content (AvgIpc) is 2.68. The highest BCUT2D eigenvalue weighted by molar-refractivity contribution is 5.50. The van der Waals surface area contributed by atoms with Gasteiger partial charge in [0.15, 0.2) is 5.82 Å². The summed E-state index contributed by atoms with van der Waals surface area (Å²) in [7, 11) is 0. The molecule has 0 unspecified atom stereocenters. The number of rotatable bonds is 5. The number of benzene rings is 1. The molecule has 0 bridgehead atoms. The molecule has 2 heterocycles. The van der Waals surface area contributed by atoms with Crippen molar-refractivity contribution in [2.75, 3.05) is 0 Å². The van der Waals surface area contributed by atoms with Crippen LogP contribution in [0, 0.1) is 0 Å². The predicted octanol–water partition coefficient (Wildman–Crippen LogP) is 3.68. The Balaban J connectivity index is 2.05. The summed E-state index contributed by atoms with van der Waals surface area (Å²) in [5.41, 5.74) is 4.19. The number of aryl methyl sites for hydroxylation is 1. The Morgan fingerprint density at radius 3 is 2.38 bits per heavy atom. The van der Waals surface area contributed by atoms with Gasteiger partial charge in [-0.05, 0) is 37.5 Å². The molecule has 0 aliphatic heterocycles. The van der Waals surface area contributed by atoms with Crippen molar-refractivity contribution in [1.29, 1.82) is 0 Å². The molecule has 3 aromatic rings. The Labute approximate surface area is 155 Å². The maximum absolute atomic E-state index is 4.82. The lowest BCUT2D eigenvalue weighted by Gasteiger charge is -2.07. The minimum Gasteiger partial charge on any atom is -0.249 e. The number of aromatic nitrogens is 3. The topological polar surface area (TPSA) is 38.7 Å². The van der Waals surface area contributed by atoms with Crippen molar-refractivity contribution in [3.05, 3.63) is 76.1 Å². The molecule has 0 saturated heterocycles. The van der Waals surface area contributed by atoms with Gasteiger partial charge in [-0.2, -0.15) is 0 Å². The molecule has 1 aromatic carbocycles. The highest BCUT2D eigenvalue weighted by atomic mass is 14.9. The lowest BCUT2D eigenvalue weighted by atomic mass is 10.1. The summed E-state index contributed by atoms with van der Waals surface area (Å²) in [4.78, 5) is 14.4. The summed E-state index contributed by atoms with van der Waals surface area (Å²) >= 11 is 0. The summed E-state index contributed by atoms with van der Waals surface area (Å²) < 4.78 is 0. The highest BCUT2D eigenvalue weighted by Gasteiger charge is 2.08. The highest BCUT2D eigenvalue weighted by Crippen LogP contribution is 2.14. The third-order valence-corrected chi connectivity index (χ3v) is 4.34. The van der Waals surface area contributed by atoms with Crippen molar-refractivity contribution in [1.82, 2.24) is 15.0 Å². The first kappa shape index (κ1) is 18.0. The SMILES string of the molecule is C/C=c1/c(CC)nc(-c2cccc(Cc3ccccc3)n2)n/c1=C/CC. The number of pyridine rings is 1. The van der Waals surface area contributed by atoms with Crippen molar-refractivity contribution < 1.29 is 0 Å². The Kier molecular flexibility index (Phi) is 5.90. The standard InChI is InChI=1S/C23H25N3/c1-4-11-21-19(5-2)20(6-3)25-23(26-21)22-15-10-14-18(24-22)16-17-12-8-7-9-13-17/h5,7-15H,4,6,16H2,1-3H3/b19-5-,21-11+. The Hall–Kier alpha value is -2.81. The van der Waals surface area contributed by atoms with Gasteiger partial charge in [0.1, 0.15) is 5.69 Å². The minimum atomic E-state index is 0.710. The van der Waals surface area contributed by atoms with E-state index < -0.39 is 0 Å². The van der Waals surface area contributed by atoms with Crippen LogP contribution < -0.4 is 10.6 Å². The molecule has 2 aromatic heterocycles. The molecule has 0 N–H and O–H groups in total. The van der Waals surface area contributed by atoms with Crippen molar-refractivity contribution in [3.63, 3.8) is 0 Å². The summed E-state index contributed by atoms with van der Waals surface area (Å²) in [5.74, 6) is 0.710. The maximum atomic E-state index is 4.82. The average molecular weight is 343 g/mol. The van der Waals surface area contributed by atoms with Crippen molar-refractivity contribution >= 4 is 12.2 Å². The van der Waals surface area contributed by atoms with Crippen LogP contribution >= 0.6 is 0 Å². The second-order valence-corrected chi connectivity index (χ2v) is 6.22. The van der Waals surface area contributed by atoms with Crippen LogP contribution in [0.5, 0.6) is 0 Å². The Morgan fingerprint density at radius 1 is 0.885 bits per heavy atom. The normalized spacial score (nSPS) is 12.6. The summed E-state index contributed by atoms with van der Waals surface area (Å²) in [6.45, 7) is 6.31. The fourth-order valence-electron chi connectivity index (χ4n) is 3.09. The molecule has 0 spiro atoms. The third-order valence-electron chi connectivity index (χ3n) is 4.34. The van der Waals surface area contributed by atoms with E-state index in [0.717, 1.165) is 46.9 Å². The first-order valence-electron chi connectivity index (χ1n) is 9.28. The quantitative estimate of drug-likeness (QED) is 0.709. The van der Waals surface area contributed by atoms with E-state index in [1.54, 1.807) is 0 Å². The maximum Gasteiger partial charge on any atom is 0.178 e. The van der Waals surface area contributed by atoms with E-state index in [1.165, 1.54) is 5.56 Å². The lowest BCUT2D eigenvalue weighted by molar-refractivity contribution is 0.951. The van der Waals surface area contributed by atoms with Crippen LogP contribution in [0.25, 0.3) is 23.7 Å². The molecular weight excluding hydrogens is 318 g/mol. The van der Waals surface area contributed by atoms with Gasteiger partial charge in [0, 0.05) is 17.3 Å². The van der Waals surface area contributed by atoms with Crippen LogP contribution in [0.4, 0.5) is 0 Å². The van der Waals surface area contributed by atoms with Crippen LogP contribution in [0.3, 0.4) is 0 Å². The molecule has 3 rings (SSSR count). The molecule has 3 nitrogen and oxygen atoms in total. The van der Waals surface area contributed by atoms with Gasteiger partial charge in [-0.25, -0.2) is 15.0 Å². The van der Waals surface area contributed by atoms with Crippen LogP contribution in [0.15, 0.2) is 48.5 Å². The molecule has 0 radical (unpaired) electrons. The predicted molar refractivity (Wildman–Crippen MR) is 108 cm³/mol. The molecule has 0 aliphatic rings. The van der Waals surface area contributed by atoms with Gasteiger partial charge in [-0.15, -0.1) is 0 Å². The van der Waals surface area contributed by atoms with Crippen molar-refractivity contribution in [2.24, 2.45) is 0 Å². The second-order valence-electron chi connectivity index (χ2n) is 6.22. The molecule has 0 atom stereocenters. The van der Waals surface area contributed by atoms with E-state index in [4.69, 9.17) is 15.0 Å². The van der Waals surface area contributed by atoms with E-state index in [9.17, 15) is 0 Å². The Morgan fingerprint density at radius 2 is 1.69 bits per heavy atom. The first-order valence-corrected chi connectivity index (χ1v) is 9.28. The van der Waals surface area contributed by atoms with Gasteiger partial charge in [0.05, 0.1) is 11.0 Å².